The third kappa shape index (κ3) is 5.62. The summed E-state index contributed by atoms with van der Waals surface area (Å²) in [6.45, 7) is 7.25. The van der Waals surface area contributed by atoms with Crippen LogP contribution in [0.1, 0.15) is 34.6 Å². The summed E-state index contributed by atoms with van der Waals surface area (Å²) in [7, 11) is 0. The van der Waals surface area contributed by atoms with E-state index in [4.69, 9.17) is 5.11 Å². The predicted octanol–water partition coefficient (Wildman–Crippen LogP) is 5.15. The smallest absolute Gasteiger partial charge is 0.335 e. The van der Waals surface area contributed by atoms with Crippen LogP contribution in [-0.2, 0) is 0 Å². The maximum atomic E-state index is 15.2. The molecule has 0 saturated carbocycles. The Kier molecular flexibility index (Phi) is 7.34. The Balaban J connectivity index is 1.45. The monoisotopic (exact) mass is 475 g/mol. The number of benzene rings is 3. The van der Waals surface area contributed by atoms with Crippen molar-refractivity contribution in [1.82, 2.24) is 0 Å². The number of halogens is 1. The van der Waals surface area contributed by atoms with Crippen LogP contribution < -0.4 is 14.7 Å². The van der Waals surface area contributed by atoms with Crippen LogP contribution in [0.3, 0.4) is 0 Å². The summed E-state index contributed by atoms with van der Waals surface area (Å²) in [6.07, 6.45) is 0. The second kappa shape index (κ2) is 10.6. The molecule has 0 aromatic heterocycles. The first-order chi connectivity index (χ1) is 16.8. The molecule has 0 bridgehead atoms. The molecule has 1 N–H and O–H groups in total. The van der Waals surface area contributed by atoms with Gasteiger partial charge in [0, 0.05) is 49.7 Å². The van der Waals surface area contributed by atoms with Gasteiger partial charge in [-0.15, -0.1) is 0 Å². The molecule has 182 valence electrons. The molecular formula is C28H30FN3O3. The van der Waals surface area contributed by atoms with Gasteiger partial charge in [0.15, 0.2) is 0 Å². The maximum absolute atomic E-state index is 15.2. The van der Waals surface area contributed by atoms with E-state index in [0.717, 1.165) is 11.4 Å². The van der Waals surface area contributed by atoms with Crippen molar-refractivity contribution in [1.29, 1.82) is 0 Å². The maximum Gasteiger partial charge on any atom is 0.335 e. The van der Waals surface area contributed by atoms with E-state index in [-0.39, 0.29) is 17.4 Å². The van der Waals surface area contributed by atoms with Crippen molar-refractivity contribution in [2.75, 3.05) is 47.4 Å². The molecule has 6 nitrogen and oxygen atoms in total. The van der Waals surface area contributed by atoms with Gasteiger partial charge in [0.05, 0.1) is 11.3 Å². The first-order valence-electron chi connectivity index (χ1n) is 11.8. The van der Waals surface area contributed by atoms with E-state index in [1.165, 1.54) is 6.07 Å². The lowest BCUT2D eigenvalue weighted by molar-refractivity contribution is 0.0696. The van der Waals surface area contributed by atoms with Crippen molar-refractivity contribution in [2.24, 2.45) is 5.92 Å². The second-order valence-corrected chi connectivity index (χ2v) is 9.14. The number of carbonyl (C=O) groups is 2. The summed E-state index contributed by atoms with van der Waals surface area (Å²) in [5.74, 6) is -1.31. The summed E-state index contributed by atoms with van der Waals surface area (Å²) >= 11 is 0. The van der Waals surface area contributed by atoms with Crippen LogP contribution >= 0.6 is 0 Å². The van der Waals surface area contributed by atoms with E-state index in [2.05, 4.69) is 4.90 Å². The number of nitrogens with zero attached hydrogens (tertiary/aromatic N) is 3. The number of rotatable bonds is 7. The van der Waals surface area contributed by atoms with E-state index in [1.54, 1.807) is 41.3 Å². The lowest BCUT2D eigenvalue weighted by Crippen LogP contribution is -2.46. The molecular weight excluding hydrogens is 445 g/mol. The van der Waals surface area contributed by atoms with Crippen LogP contribution in [0, 0.1) is 11.7 Å². The molecule has 0 unspecified atom stereocenters. The minimum Gasteiger partial charge on any atom is -0.478 e. The average molecular weight is 476 g/mol. The highest BCUT2D eigenvalue weighted by Crippen LogP contribution is 2.26. The van der Waals surface area contributed by atoms with Crippen LogP contribution in [0.5, 0.6) is 0 Å². The quantitative estimate of drug-likeness (QED) is 0.512. The lowest BCUT2D eigenvalue weighted by Gasteiger charge is -2.37. The van der Waals surface area contributed by atoms with E-state index in [9.17, 15) is 9.59 Å². The molecule has 1 fully saturated rings. The molecule has 1 heterocycles. The molecule has 1 aliphatic rings. The molecule has 1 amide bonds. The highest BCUT2D eigenvalue weighted by atomic mass is 19.1. The van der Waals surface area contributed by atoms with Crippen molar-refractivity contribution in [3.63, 3.8) is 0 Å². The van der Waals surface area contributed by atoms with Crippen molar-refractivity contribution in [3.8, 4) is 0 Å². The van der Waals surface area contributed by atoms with E-state index >= 15 is 4.39 Å². The zero-order chi connectivity index (χ0) is 24.9. The Labute approximate surface area is 205 Å². The fourth-order valence-electron chi connectivity index (χ4n) is 4.35. The molecule has 35 heavy (non-hydrogen) atoms. The predicted molar refractivity (Wildman–Crippen MR) is 137 cm³/mol. The standard InChI is InChI=1S/C28H30FN3O3/c1-20(2)19-32(24-6-4-3-5-7-24)27(33)22-10-13-26(25(29)18-22)31-16-14-30(15-17-31)23-11-8-21(9-12-23)28(34)35/h3-13,18,20H,14-17,19H2,1-2H3,(H,34,35). The first-order valence-corrected chi connectivity index (χ1v) is 11.8. The van der Waals surface area contributed by atoms with E-state index in [0.29, 0.717) is 44.0 Å². The number of carboxylic acids is 1. The van der Waals surface area contributed by atoms with Gasteiger partial charge >= 0.3 is 5.97 Å². The number of hydrogen-bond donors (Lipinski definition) is 1. The number of hydrogen-bond acceptors (Lipinski definition) is 4. The number of para-hydroxylation sites is 1. The Morgan fingerprint density at radius 3 is 2.06 bits per heavy atom. The van der Waals surface area contributed by atoms with E-state index < -0.39 is 11.8 Å². The number of anilines is 3. The summed E-state index contributed by atoms with van der Waals surface area (Å²) < 4.78 is 15.2. The summed E-state index contributed by atoms with van der Waals surface area (Å²) in [6, 6.07) is 21.0. The van der Waals surface area contributed by atoms with Gasteiger partial charge in [-0.25, -0.2) is 9.18 Å². The third-order valence-electron chi connectivity index (χ3n) is 6.16. The SMILES string of the molecule is CC(C)CN(C(=O)c1ccc(N2CCN(c3ccc(C(=O)O)cc3)CC2)c(F)c1)c1ccccc1. The molecule has 1 saturated heterocycles. The molecule has 0 radical (unpaired) electrons. The first kappa shape index (κ1) is 24.3. The van der Waals surface area contributed by atoms with Crippen molar-refractivity contribution < 1.29 is 19.1 Å². The zero-order valence-corrected chi connectivity index (χ0v) is 20.0. The van der Waals surface area contributed by atoms with Gasteiger partial charge in [0.25, 0.3) is 5.91 Å². The van der Waals surface area contributed by atoms with Crippen molar-refractivity contribution in [2.45, 2.75) is 13.8 Å². The van der Waals surface area contributed by atoms with Crippen LogP contribution in [0.4, 0.5) is 21.5 Å². The number of carboxylic acid groups (broad SMARTS) is 1. The van der Waals surface area contributed by atoms with Gasteiger partial charge in [-0.2, -0.15) is 0 Å². The Bertz CT molecular complexity index is 1170. The molecule has 4 rings (SSSR count). The van der Waals surface area contributed by atoms with Gasteiger partial charge in [-0.1, -0.05) is 32.0 Å². The van der Waals surface area contributed by atoms with Crippen molar-refractivity contribution >= 4 is 28.9 Å². The van der Waals surface area contributed by atoms with Crippen LogP contribution in [0.15, 0.2) is 72.8 Å². The molecule has 3 aromatic carbocycles. The van der Waals surface area contributed by atoms with Crippen LogP contribution in [-0.4, -0.2) is 49.7 Å². The van der Waals surface area contributed by atoms with Gasteiger partial charge in [-0.3, -0.25) is 4.79 Å². The Morgan fingerprint density at radius 1 is 0.886 bits per heavy atom. The number of carbonyl (C=O) groups excluding carboxylic acids is 1. The Hall–Kier alpha value is -3.87. The molecule has 0 aliphatic carbocycles. The van der Waals surface area contributed by atoms with Gasteiger partial charge in [0.2, 0.25) is 0 Å². The third-order valence-corrected chi connectivity index (χ3v) is 6.16. The summed E-state index contributed by atoms with van der Waals surface area (Å²) in [4.78, 5) is 30.2. The highest BCUT2D eigenvalue weighted by molar-refractivity contribution is 6.06. The van der Waals surface area contributed by atoms with Gasteiger partial charge in [-0.05, 0) is 60.5 Å². The minimum atomic E-state index is -0.949. The number of amides is 1. The normalized spacial score (nSPS) is 13.7. The van der Waals surface area contributed by atoms with Crippen molar-refractivity contribution in [3.05, 3.63) is 89.7 Å². The molecule has 0 spiro atoms. The molecule has 0 atom stereocenters. The average Bonchev–Trinajstić information content (AvgIpc) is 2.87. The lowest BCUT2D eigenvalue weighted by atomic mass is 10.1. The fraction of sp³-hybridized carbons (Fsp3) is 0.286. The number of piperazine rings is 1. The topological polar surface area (TPSA) is 64.1 Å². The molecule has 1 aliphatic heterocycles. The van der Waals surface area contributed by atoms with Gasteiger partial charge < -0.3 is 19.8 Å². The van der Waals surface area contributed by atoms with Crippen LogP contribution in [0.25, 0.3) is 0 Å². The highest BCUT2D eigenvalue weighted by Gasteiger charge is 2.23. The second-order valence-electron chi connectivity index (χ2n) is 9.14. The van der Waals surface area contributed by atoms with E-state index in [1.807, 2.05) is 49.1 Å². The molecule has 7 heteroatoms. The largest absolute Gasteiger partial charge is 0.478 e. The minimum absolute atomic E-state index is 0.218. The fourth-order valence-corrected chi connectivity index (χ4v) is 4.35. The Morgan fingerprint density at radius 2 is 1.49 bits per heavy atom. The summed E-state index contributed by atoms with van der Waals surface area (Å²) in [5.41, 5.74) is 2.80. The molecule has 3 aromatic rings. The zero-order valence-electron chi connectivity index (χ0n) is 20.0. The summed E-state index contributed by atoms with van der Waals surface area (Å²) in [5, 5.41) is 9.07. The van der Waals surface area contributed by atoms with Gasteiger partial charge in [0.1, 0.15) is 5.82 Å². The van der Waals surface area contributed by atoms with Crippen LogP contribution in [0.2, 0.25) is 0 Å². The number of aromatic carboxylic acids is 1.